The standard InChI is InChI=1S/C20H21ClN2O3/c21-17-10-16(11-18-19(17)26-13-25-18)20(24)22-7-3-8-23-9-6-14-4-1-2-5-15(14)12-23/h1-2,4-5,10-11H,3,6-9,12-13H2,(H,22,24). The van der Waals surface area contributed by atoms with Crippen LogP contribution in [0.1, 0.15) is 27.9 Å². The topological polar surface area (TPSA) is 50.8 Å². The molecule has 0 fully saturated rings. The lowest BCUT2D eigenvalue weighted by atomic mass is 10.00. The number of halogens is 1. The summed E-state index contributed by atoms with van der Waals surface area (Å²) in [4.78, 5) is 14.8. The normalized spacial score (nSPS) is 15.6. The first-order chi connectivity index (χ1) is 12.7. The Hall–Kier alpha value is -2.24. The van der Waals surface area contributed by atoms with Gasteiger partial charge >= 0.3 is 0 Å². The van der Waals surface area contributed by atoms with Crippen molar-refractivity contribution in [3.8, 4) is 11.5 Å². The quantitative estimate of drug-likeness (QED) is 0.818. The molecule has 0 radical (unpaired) electrons. The summed E-state index contributed by atoms with van der Waals surface area (Å²) in [5, 5.41) is 3.36. The Labute approximate surface area is 157 Å². The predicted molar refractivity (Wildman–Crippen MR) is 99.9 cm³/mol. The zero-order valence-corrected chi connectivity index (χ0v) is 15.2. The number of hydrogen-bond acceptors (Lipinski definition) is 4. The van der Waals surface area contributed by atoms with Crippen LogP contribution in [0.25, 0.3) is 0 Å². The Balaban J connectivity index is 1.25. The summed E-state index contributed by atoms with van der Waals surface area (Å²) in [6, 6.07) is 11.9. The van der Waals surface area contributed by atoms with Gasteiger partial charge in [-0.05, 0) is 36.1 Å². The van der Waals surface area contributed by atoms with E-state index >= 15 is 0 Å². The van der Waals surface area contributed by atoms with Crippen molar-refractivity contribution in [2.75, 3.05) is 26.4 Å². The summed E-state index contributed by atoms with van der Waals surface area (Å²) < 4.78 is 10.6. The zero-order chi connectivity index (χ0) is 17.9. The predicted octanol–water partition coefficient (Wildman–Crippen LogP) is 3.25. The zero-order valence-electron chi connectivity index (χ0n) is 14.5. The molecule has 26 heavy (non-hydrogen) atoms. The SMILES string of the molecule is O=C(NCCCN1CCc2ccccc2C1)c1cc(Cl)c2c(c1)OCO2. The molecular weight excluding hydrogens is 352 g/mol. The van der Waals surface area contributed by atoms with Crippen LogP contribution in [0, 0.1) is 0 Å². The van der Waals surface area contributed by atoms with Crippen LogP contribution in [-0.2, 0) is 13.0 Å². The summed E-state index contributed by atoms with van der Waals surface area (Å²) >= 11 is 6.13. The van der Waals surface area contributed by atoms with E-state index in [0.717, 1.165) is 32.5 Å². The number of ether oxygens (including phenoxy) is 2. The second-order valence-corrected chi connectivity index (χ2v) is 7.00. The molecule has 0 spiro atoms. The minimum Gasteiger partial charge on any atom is -0.454 e. The molecule has 0 saturated carbocycles. The summed E-state index contributed by atoms with van der Waals surface area (Å²) in [6.07, 6.45) is 2.00. The fourth-order valence-electron chi connectivity index (χ4n) is 3.45. The molecule has 2 aliphatic rings. The highest BCUT2D eigenvalue weighted by molar-refractivity contribution is 6.32. The van der Waals surface area contributed by atoms with E-state index < -0.39 is 0 Å². The Morgan fingerprint density at radius 1 is 1.19 bits per heavy atom. The third kappa shape index (κ3) is 3.64. The van der Waals surface area contributed by atoms with Gasteiger partial charge in [-0.25, -0.2) is 0 Å². The van der Waals surface area contributed by atoms with Crippen molar-refractivity contribution in [1.29, 1.82) is 0 Å². The van der Waals surface area contributed by atoms with Crippen LogP contribution in [0.5, 0.6) is 11.5 Å². The van der Waals surface area contributed by atoms with Gasteiger partial charge in [0, 0.05) is 31.7 Å². The van der Waals surface area contributed by atoms with Crippen molar-refractivity contribution in [3.05, 3.63) is 58.1 Å². The molecule has 5 nitrogen and oxygen atoms in total. The monoisotopic (exact) mass is 372 g/mol. The molecule has 2 aromatic carbocycles. The van der Waals surface area contributed by atoms with E-state index in [2.05, 4.69) is 34.5 Å². The molecule has 2 aromatic rings. The Bertz CT molecular complexity index is 825. The number of hydrogen-bond donors (Lipinski definition) is 1. The number of carbonyl (C=O) groups is 1. The minimum absolute atomic E-state index is 0.138. The van der Waals surface area contributed by atoms with Gasteiger partial charge in [0.2, 0.25) is 6.79 Å². The average molecular weight is 373 g/mol. The number of carbonyl (C=O) groups excluding carboxylic acids is 1. The number of nitrogens with zero attached hydrogens (tertiary/aromatic N) is 1. The van der Waals surface area contributed by atoms with Gasteiger partial charge in [-0.15, -0.1) is 0 Å². The lowest BCUT2D eigenvalue weighted by Crippen LogP contribution is -2.33. The maximum absolute atomic E-state index is 12.3. The largest absolute Gasteiger partial charge is 0.454 e. The smallest absolute Gasteiger partial charge is 0.251 e. The van der Waals surface area contributed by atoms with Crippen LogP contribution in [0.2, 0.25) is 5.02 Å². The van der Waals surface area contributed by atoms with Crippen molar-refractivity contribution >= 4 is 17.5 Å². The van der Waals surface area contributed by atoms with Gasteiger partial charge in [-0.3, -0.25) is 9.69 Å². The third-order valence-corrected chi connectivity index (χ3v) is 5.12. The molecule has 0 unspecified atom stereocenters. The highest BCUT2D eigenvalue weighted by atomic mass is 35.5. The molecule has 0 saturated heterocycles. The van der Waals surface area contributed by atoms with E-state index in [1.165, 1.54) is 11.1 Å². The van der Waals surface area contributed by atoms with Gasteiger partial charge in [-0.2, -0.15) is 0 Å². The van der Waals surface area contributed by atoms with Crippen LogP contribution in [0.15, 0.2) is 36.4 Å². The summed E-state index contributed by atoms with van der Waals surface area (Å²) in [5.74, 6) is 0.886. The molecule has 4 rings (SSSR count). The second kappa shape index (κ2) is 7.56. The maximum Gasteiger partial charge on any atom is 0.251 e. The number of benzene rings is 2. The summed E-state index contributed by atoms with van der Waals surface area (Å²) in [6.45, 7) is 3.79. The first kappa shape index (κ1) is 17.2. The van der Waals surface area contributed by atoms with Crippen molar-refractivity contribution in [3.63, 3.8) is 0 Å². The van der Waals surface area contributed by atoms with Gasteiger partial charge in [0.05, 0.1) is 5.02 Å². The highest BCUT2D eigenvalue weighted by Gasteiger charge is 2.20. The average Bonchev–Trinajstić information content (AvgIpc) is 3.14. The minimum atomic E-state index is -0.144. The van der Waals surface area contributed by atoms with E-state index in [1.807, 2.05) is 0 Å². The lowest BCUT2D eigenvalue weighted by molar-refractivity contribution is 0.0951. The number of amides is 1. The molecule has 0 aromatic heterocycles. The molecule has 0 aliphatic carbocycles. The molecular formula is C20H21ClN2O3. The fraction of sp³-hybridized carbons (Fsp3) is 0.350. The molecule has 2 aliphatic heterocycles. The second-order valence-electron chi connectivity index (χ2n) is 6.60. The van der Waals surface area contributed by atoms with Gasteiger partial charge < -0.3 is 14.8 Å². The Kier molecular flexibility index (Phi) is 5.00. The van der Waals surface area contributed by atoms with E-state index in [9.17, 15) is 4.79 Å². The first-order valence-electron chi connectivity index (χ1n) is 8.87. The molecule has 136 valence electrons. The van der Waals surface area contributed by atoms with Crippen molar-refractivity contribution < 1.29 is 14.3 Å². The maximum atomic E-state index is 12.3. The Morgan fingerprint density at radius 2 is 2.04 bits per heavy atom. The van der Waals surface area contributed by atoms with Gasteiger partial charge in [-0.1, -0.05) is 35.9 Å². The van der Waals surface area contributed by atoms with Crippen LogP contribution in [0.4, 0.5) is 0 Å². The molecule has 1 amide bonds. The van der Waals surface area contributed by atoms with Crippen molar-refractivity contribution in [1.82, 2.24) is 10.2 Å². The Morgan fingerprint density at radius 3 is 2.92 bits per heavy atom. The highest BCUT2D eigenvalue weighted by Crippen LogP contribution is 2.39. The van der Waals surface area contributed by atoms with Crippen LogP contribution in [-0.4, -0.2) is 37.2 Å². The summed E-state index contributed by atoms with van der Waals surface area (Å²) in [5.41, 5.74) is 3.36. The van der Waals surface area contributed by atoms with Crippen LogP contribution < -0.4 is 14.8 Å². The number of rotatable bonds is 5. The van der Waals surface area contributed by atoms with Crippen LogP contribution >= 0.6 is 11.6 Å². The van der Waals surface area contributed by atoms with Gasteiger partial charge in [0.25, 0.3) is 5.91 Å². The van der Waals surface area contributed by atoms with Gasteiger partial charge in [0.1, 0.15) is 0 Å². The van der Waals surface area contributed by atoms with Gasteiger partial charge in [0.15, 0.2) is 11.5 Å². The number of nitrogens with one attached hydrogen (secondary N) is 1. The van der Waals surface area contributed by atoms with E-state index in [4.69, 9.17) is 21.1 Å². The molecule has 0 bridgehead atoms. The fourth-order valence-corrected chi connectivity index (χ4v) is 3.72. The lowest BCUT2D eigenvalue weighted by Gasteiger charge is -2.28. The van der Waals surface area contributed by atoms with E-state index in [-0.39, 0.29) is 12.7 Å². The molecule has 6 heteroatoms. The molecule has 0 atom stereocenters. The molecule has 1 N–H and O–H groups in total. The van der Waals surface area contributed by atoms with E-state index in [0.29, 0.717) is 28.6 Å². The van der Waals surface area contributed by atoms with Crippen molar-refractivity contribution in [2.24, 2.45) is 0 Å². The van der Waals surface area contributed by atoms with Crippen LogP contribution in [0.3, 0.4) is 0 Å². The number of fused-ring (bicyclic) bond motifs is 2. The first-order valence-corrected chi connectivity index (χ1v) is 9.25. The van der Waals surface area contributed by atoms with E-state index in [1.54, 1.807) is 12.1 Å². The molecule has 2 heterocycles. The summed E-state index contributed by atoms with van der Waals surface area (Å²) in [7, 11) is 0. The third-order valence-electron chi connectivity index (χ3n) is 4.84. The van der Waals surface area contributed by atoms with Crippen molar-refractivity contribution in [2.45, 2.75) is 19.4 Å².